The van der Waals surface area contributed by atoms with Crippen molar-refractivity contribution in [2.45, 2.75) is 76.9 Å². The minimum atomic E-state index is -0.539. The molecule has 1 aliphatic carbocycles. The van der Waals surface area contributed by atoms with Gasteiger partial charge in [-0.05, 0) is 55.0 Å². The molecule has 1 aliphatic heterocycles. The number of carbonyl (C=O) groups excluding carboxylic acids is 2. The standard InChI is InChI=1S/C27H33ClN2O4/c1-2-23(27(32)29-21-9-4-3-5-10-21)30(17-20-8-6-7-11-22(20)28)26(31)15-13-19-12-14-24-25(16-19)34-18-33-24/h6-8,11-12,14,16,21,23H,2-5,9-10,13,15,17-18H2,1H3,(H,29,32)/t23-/m0/s1. The third-order valence-electron chi connectivity index (χ3n) is 6.70. The Bertz CT molecular complexity index is 1010. The van der Waals surface area contributed by atoms with Crippen molar-refractivity contribution in [1.82, 2.24) is 10.2 Å². The molecule has 0 aromatic heterocycles. The average Bonchev–Trinajstić information content (AvgIpc) is 3.32. The molecule has 1 heterocycles. The molecular formula is C27H33ClN2O4. The minimum Gasteiger partial charge on any atom is -0.454 e. The van der Waals surface area contributed by atoms with E-state index in [-0.39, 0.29) is 31.1 Å². The molecule has 2 aromatic rings. The number of nitrogens with zero attached hydrogens (tertiary/aromatic N) is 1. The second-order valence-electron chi connectivity index (χ2n) is 9.07. The first-order chi connectivity index (χ1) is 16.5. The number of nitrogens with one attached hydrogen (secondary N) is 1. The fourth-order valence-corrected chi connectivity index (χ4v) is 4.96. The van der Waals surface area contributed by atoms with Gasteiger partial charge in [-0.2, -0.15) is 0 Å². The molecule has 2 amide bonds. The Kier molecular flexibility index (Phi) is 8.33. The maximum Gasteiger partial charge on any atom is 0.243 e. The number of halogens is 1. The molecule has 2 aromatic carbocycles. The smallest absolute Gasteiger partial charge is 0.243 e. The van der Waals surface area contributed by atoms with Crippen molar-refractivity contribution in [3.05, 3.63) is 58.6 Å². The molecule has 0 unspecified atom stereocenters. The number of benzene rings is 2. The van der Waals surface area contributed by atoms with Crippen molar-refractivity contribution in [2.75, 3.05) is 6.79 Å². The summed E-state index contributed by atoms with van der Waals surface area (Å²) in [5, 5.41) is 3.81. The van der Waals surface area contributed by atoms with Gasteiger partial charge in [0.15, 0.2) is 11.5 Å². The van der Waals surface area contributed by atoms with Gasteiger partial charge in [-0.1, -0.05) is 62.1 Å². The maximum atomic E-state index is 13.5. The molecular weight excluding hydrogens is 452 g/mol. The Morgan fingerprint density at radius 3 is 2.62 bits per heavy atom. The van der Waals surface area contributed by atoms with Gasteiger partial charge in [0.25, 0.3) is 0 Å². The van der Waals surface area contributed by atoms with E-state index in [9.17, 15) is 9.59 Å². The van der Waals surface area contributed by atoms with E-state index in [2.05, 4.69) is 5.32 Å². The summed E-state index contributed by atoms with van der Waals surface area (Å²) in [7, 11) is 0. The van der Waals surface area contributed by atoms with Crippen molar-refractivity contribution in [2.24, 2.45) is 0 Å². The zero-order valence-electron chi connectivity index (χ0n) is 19.7. The van der Waals surface area contributed by atoms with E-state index < -0.39 is 6.04 Å². The van der Waals surface area contributed by atoms with Crippen LogP contribution in [0.5, 0.6) is 11.5 Å². The number of aryl methyl sites for hydroxylation is 1. The Morgan fingerprint density at radius 2 is 1.85 bits per heavy atom. The molecule has 6 nitrogen and oxygen atoms in total. The van der Waals surface area contributed by atoms with Crippen LogP contribution in [0.25, 0.3) is 0 Å². The van der Waals surface area contributed by atoms with Crippen molar-refractivity contribution in [3.8, 4) is 11.5 Å². The molecule has 4 rings (SSSR count). The maximum absolute atomic E-state index is 13.5. The molecule has 1 atom stereocenters. The van der Waals surface area contributed by atoms with E-state index in [4.69, 9.17) is 21.1 Å². The first-order valence-electron chi connectivity index (χ1n) is 12.3. The van der Waals surface area contributed by atoms with Crippen molar-refractivity contribution in [1.29, 1.82) is 0 Å². The summed E-state index contributed by atoms with van der Waals surface area (Å²) in [6.45, 7) is 2.48. The fourth-order valence-electron chi connectivity index (χ4n) is 4.77. The summed E-state index contributed by atoms with van der Waals surface area (Å²) in [5.74, 6) is 1.29. The van der Waals surface area contributed by atoms with Gasteiger partial charge in [-0.25, -0.2) is 0 Å². The topological polar surface area (TPSA) is 67.9 Å². The second kappa shape index (κ2) is 11.6. The highest BCUT2D eigenvalue weighted by Crippen LogP contribution is 2.33. The molecule has 1 saturated carbocycles. The summed E-state index contributed by atoms with van der Waals surface area (Å²) in [5.41, 5.74) is 1.83. The predicted molar refractivity (Wildman–Crippen MR) is 132 cm³/mol. The monoisotopic (exact) mass is 484 g/mol. The van der Waals surface area contributed by atoms with Crippen LogP contribution in [-0.2, 0) is 22.6 Å². The van der Waals surface area contributed by atoms with E-state index in [1.807, 2.05) is 49.4 Å². The van der Waals surface area contributed by atoms with Crippen LogP contribution in [0.15, 0.2) is 42.5 Å². The normalized spacial score (nSPS) is 16.2. The molecule has 1 fully saturated rings. The molecule has 34 heavy (non-hydrogen) atoms. The summed E-state index contributed by atoms with van der Waals surface area (Å²) in [4.78, 5) is 28.5. The number of hydrogen-bond donors (Lipinski definition) is 1. The lowest BCUT2D eigenvalue weighted by Crippen LogP contribution is -2.51. The summed E-state index contributed by atoms with van der Waals surface area (Å²) in [6, 6.07) is 12.9. The molecule has 2 aliphatic rings. The third-order valence-corrected chi connectivity index (χ3v) is 7.07. The predicted octanol–water partition coefficient (Wildman–Crippen LogP) is 5.26. The molecule has 1 N–H and O–H groups in total. The largest absolute Gasteiger partial charge is 0.454 e. The SMILES string of the molecule is CC[C@@H](C(=O)NC1CCCCC1)N(Cc1ccccc1Cl)C(=O)CCc1ccc2c(c1)OCO2. The van der Waals surface area contributed by atoms with Crippen LogP contribution in [0.1, 0.15) is 63.0 Å². The Morgan fingerprint density at radius 1 is 1.09 bits per heavy atom. The van der Waals surface area contributed by atoms with E-state index in [1.165, 1.54) is 6.42 Å². The number of rotatable bonds is 9. The van der Waals surface area contributed by atoms with Crippen LogP contribution in [0, 0.1) is 0 Å². The highest BCUT2D eigenvalue weighted by molar-refractivity contribution is 6.31. The Labute approximate surface area is 206 Å². The Hall–Kier alpha value is -2.73. The highest BCUT2D eigenvalue weighted by atomic mass is 35.5. The zero-order chi connectivity index (χ0) is 23.9. The number of carbonyl (C=O) groups is 2. The fraction of sp³-hybridized carbons (Fsp3) is 0.481. The van der Waals surface area contributed by atoms with Gasteiger partial charge in [-0.3, -0.25) is 9.59 Å². The molecule has 7 heteroatoms. The summed E-state index contributed by atoms with van der Waals surface area (Å²) in [6.07, 6.45) is 6.89. The van der Waals surface area contributed by atoms with Crippen LogP contribution < -0.4 is 14.8 Å². The second-order valence-corrected chi connectivity index (χ2v) is 9.48. The lowest BCUT2D eigenvalue weighted by atomic mass is 9.95. The summed E-state index contributed by atoms with van der Waals surface area (Å²) < 4.78 is 10.8. The number of ether oxygens (including phenoxy) is 2. The van der Waals surface area contributed by atoms with Crippen LogP contribution in [0.3, 0.4) is 0 Å². The van der Waals surface area contributed by atoms with Crippen molar-refractivity contribution >= 4 is 23.4 Å². The zero-order valence-corrected chi connectivity index (χ0v) is 20.5. The van der Waals surface area contributed by atoms with Crippen molar-refractivity contribution < 1.29 is 19.1 Å². The van der Waals surface area contributed by atoms with Crippen LogP contribution in [0.2, 0.25) is 5.02 Å². The molecule has 182 valence electrons. The lowest BCUT2D eigenvalue weighted by molar-refractivity contribution is -0.141. The highest BCUT2D eigenvalue weighted by Gasteiger charge is 2.30. The van der Waals surface area contributed by atoms with E-state index in [0.29, 0.717) is 30.2 Å². The molecule has 0 radical (unpaired) electrons. The quantitative estimate of drug-likeness (QED) is 0.527. The van der Waals surface area contributed by atoms with E-state index in [1.54, 1.807) is 4.90 Å². The van der Waals surface area contributed by atoms with Gasteiger partial charge in [-0.15, -0.1) is 0 Å². The van der Waals surface area contributed by atoms with Gasteiger partial charge < -0.3 is 19.7 Å². The number of hydrogen-bond acceptors (Lipinski definition) is 4. The van der Waals surface area contributed by atoms with Gasteiger partial charge in [0.1, 0.15) is 6.04 Å². The molecule has 0 spiro atoms. The first kappa shape index (κ1) is 24.4. The average molecular weight is 485 g/mol. The van der Waals surface area contributed by atoms with Crippen molar-refractivity contribution in [3.63, 3.8) is 0 Å². The van der Waals surface area contributed by atoms with Gasteiger partial charge >= 0.3 is 0 Å². The van der Waals surface area contributed by atoms with Gasteiger partial charge in [0.05, 0.1) is 0 Å². The lowest BCUT2D eigenvalue weighted by Gasteiger charge is -2.33. The molecule has 0 bridgehead atoms. The minimum absolute atomic E-state index is 0.0665. The summed E-state index contributed by atoms with van der Waals surface area (Å²) >= 11 is 6.42. The first-order valence-corrected chi connectivity index (χ1v) is 12.6. The van der Waals surface area contributed by atoms with E-state index in [0.717, 1.165) is 42.6 Å². The van der Waals surface area contributed by atoms with Crippen LogP contribution >= 0.6 is 11.6 Å². The Balaban J connectivity index is 1.49. The number of fused-ring (bicyclic) bond motifs is 1. The van der Waals surface area contributed by atoms with Gasteiger partial charge in [0, 0.05) is 24.0 Å². The molecule has 0 saturated heterocycles. The van der Waals surface area contributed by atoms with Gasteiger partial charge in [0.2, 0.25) is 18.6 Å². The third kappa shape index (κ3) is 6.03. The van der Waals surface area contributed by atoms with Crippen LogP contribution in [-0.4, -0.2) is 35.6 Å². The van der Waals surface area contributed by atoms with E-state index >= 15 is 0 Å². The van der Waals surface area contributed by atoms with Crippen LogP contribution in [0.4, 0.5) is 0 Å². The number of amides is 2.